The van der Waals surface area contributed by atoms with Crippen LogP contribution in [0.3, 0.4) is 0 Å². The summed E-state index contributed by atoms with van der Waals surface area (Å²) in [4.78, 5) is 0. The molecule has 1 aliphatic rings. The lowest BCUT2D eigenvalue weighted by Gasteiger charge is -2.26. The van der Waals surface area contributed by atoms with Crippen LogP contribution in [0.5, 0.6) is 0 Å². The van der Waals surface area contributed by atoms with Gasteiger partial charge in [0.2, 0.25) is 0 Å². The largest absolute Gasteiger partial charge is 0.309 e. The Balaban J connectivity index is 1.85. The number of benzene rings is 2. The number of hydrogen-bond donors (Lipinski definition) is 1. The normalized spacial score (nSPS) is 16.7. The highest BCUT2D eigenvalue weighted by Gasteiger charge is 2.28. The van der Waals surface area contributed by atoms with E-state index in [1.54, 1.807) is 0 Å². The van der Waals surface area contributed by atoms with Gasteiger partial charge in [0, 0.05) is 17.6 Å². The van der Waals surface area contributed by atoms with Crippen molar-refractivity contribution >= 4 is 21.5 Å². The maximum atomic E-state index is 3.87. The van der Waals surface area contributed by atoms with E-state index in [0.29, 0.717) is 0 Å². The van der Waals surface area contributed by atoms with Crippen molar-refractivity contribution in [2.24, 2.45) is 0 Å². The predicted molar refractivity (Wildman–Crippen MR) is 107 cm³/mol. The minimum Gasteiger partial charge on any atom is -0.309 e. The van der Waals surface area contributed by atoms with Gasteiger partial charge in [0.25, 0.3) is 0 Å². The molecule has 0 fully saturated rings. The number of rotatable bonds is 4. The summed E-state index contributed by atoms with van der Waals surface area (Å²) < 4.78 is 1.35. The standard InChI is InChI=1S/C22H26BrN/c1-16-9-10-18-19(15-24-14-17-7-5-4-6-8-17)21(23)11-12-22(2,3)20(18)13-16/h4-10,13,24H,11-12,14-15H2,1-3H3. The smallest absolute Gasteiger partial charge is 0.0222 e. The summed E-state index contributed by atoms with van der Waals surface area (Å²) in [5.41, 5.74) is 7.17. The maximum Gasteiger partial charge on any atom is 0.0222 e. The Hall–Kier alpha value is -1.38. The third-order valence-electron chi connectivity index (χ3n) is 5.00. The van der Waals surface area contributed by atoms with Crippen molar-refractivity contribution in [2.45, 2.75) is 45.6 Å². The van der Waals surface area contributed by atoms with E-state index in [1.807, 2.05) is 0 Å². The van der Waals surface area contributed by atoms with Gasteiger partial charge in [-0.15, -0.1) is 0 Å². The molecule has 3 rings (SSSR count). The molecule has 0 unspecified atom stereocenters. The van der Waals surface area contributed by atoms with Gasteiger partial charge in [0.1, 0.15) is 0 Å². The van der Waals surface area contributed by atoms with E-state index in [2.05, 4.69) is 90.5 Å². The minimum atomic E-state index is 0.210. The second kappa shape index (κ2) is 7.25. The fraction of sp³-hybridized carbons (Fsp3) is 0.364. The van der Waals surface area contributed by atoms with Crippen molar-refractivity contribution in [3.8, 4) is 0 Å². The molecule has 0 heterocycles. The van der Waals surface area contributed by atoms with Crippen molar-refractivity contribution in [3.63, 3.8) is 0 Å². The van der Waals surface area contributed by atoms with Crippen molar-refractivity contribution in [3.05, 3.63) is 75.3 Å². The van der Waals surface area contributed by atoms with Crippen LogP contribution in [0.15, 0.2) is 53.0 Å². The summed E-state index contributed by atoms with van der Waals surface area (Å²) in [5.74, 6) is 0. The van der Waals surface area contributed by atoms with Gasteiger partial charge in [0.15, 0.2) is 0 Å². The van der Waals surface area contributed by atoms with Crippen LogP contribution < -0.4 is 5.32 Å². The molecule has 1 N–H and O–H groups in total. The Labute approximate surface area is 154 Å². The maximum absolute atomic E-state index is 3.87. The molecular weight excluding hydrogens is 358 g/mol. The minimum absolute atomic E-state index is 0.210. The van der Waals surface area contributed by atoms with Gasteiger partial charge in [-0.25, -0.2) is 0 Å². The molecule has 1 aliphatic carbocycles. The summed E-state index contributed by atoms with van der Waals surface area (Å²) in [6.07, 6.45) is 2.27. The molecule has 0 aromatic heterocycles. The fourth-order valence-electron chi connectivity index (χ4n) is 3.45. The van der Waals surface area contributed by atoms with Crippen LogP contribution in [0.4, 0.5) is 0 Å². The molecule has 0 amide bonds. The van der Waals surface area contributed by atoms with Gasteiger partial charge in [-0.3, -0.25) is 0 Å². The molecule has 24 heavy (non-hydrogen) atoms. The Morgan fingerprint density at radius 2 is 1.79 bits per heavy atom. The molecule has 126 valence electrons. The van der Waals surface area contributed by atoms with Crippen LogP contribution in [0.1, 0.15) is 48.9 Å². The zero-order chi connectivity index (χ0) is 17.2. The molecule has 0 radical (unpaired) electrons. The lowest BCUT2D eigenvalue weighted by atomic mass is 9.78. The fourth-order valence-corrected chi connectivity index (χ4v) is 4.01. The molecule has 0 saturated heterocycles. The first-order valence-corrected chi connectivity index (χ1v) is 9.50. The molecule has 0 bridgehead atoms. The van der Waals surface area contributed by atoms with Gasteiger partial charge in [-0.1, -0.05) is 83.9 Å². The average molecular weight is 384 g/mol. The van der Waals surface area contributed by atoms with Crippen LogP contribution >= 0.6 is 15.9 Å². The first kappa shape index (κ1) is 17.4. The number of fused-ring (bicyclic) bond motifs is 1. The second-order valence-electron chi connectivity index (χ2n) is 7.41. The van der Waals surface area contributed by atoms with E-state index >= 15 is 0 Å². The van der Waals surface area contributed by atoms with Gasteiger partial charge in [-0.05, 0) is 47.4 Å². The highest BCUT2D eigenvalue weighted by atomic mass is 79.9. The molecule has 0 atom stereocenters. The Kier molecular flexibility index (Phi) is 5.27. The van der Waals surface area contributed by atoms with Crippen LogP contribution in [0, 0.1) is 6.92 Å². The van der Waals surface area contributed by atoms with Gasteiger partial charge in [-0.2, -0.15) is 0 Å². The first-order valence-electron chi connectivity index (χ1n) is 8.71. The zero-order valence-electron chi connectivity index (χ0n) is 14.8. The number of aryl methyl sites for hydroxylation is 1. The van der Waals surface area contributed by atoms with E-state index in [9.17, 15) is 0 Å². The molecular formula is C22H26BrN. The summed E-state index contributed by atoms with van der Waals surface area (Å²) in [6, 6.07) is 17.5. The number of nitrogens with one attached hydrogen (secondary N) is 1. The number of hydrogen-bond acceptors (Lipinski definition) is 1. The predicted octanol–water partition coefficient (Wildman–Crippen LogP) is 5.96. The van der Waals surface area contributed by atoms with Gasteiger partial charge < -0.3 is 5.32 Å². The third-order valence-corrected chi connectivity index (χ3v) is 5.88. The van der Waals surface area contributed by atoms with Crippen LogP contribution in [-0.4, -0.2) is 6.54 Å². The highest BCUT2D eigenvalue weighted by molar-refractivity contribution is 9.11. The summed E-state index contributed by atoms with van der Waals surface area (Å²) in [7, 11) is 0. The van der Waals surface area contributed by atoms with Crippen molar-refractivity contribution in [1.82, 2.24) is 5.32 Å². The third kappa shape index (κ3) is 3.81. The molecule has 2 heteroatoms. The highest BCUT2D eigenvalue weighted by Crippen LogP contribution is 2.42. The average Bonchev–Trinajstić information content (AvgIpc) is 2.66. The lowest BCUT2D eigenvalue weighted by molar-refractivity contribution is 0.486. The monoisotopic (exact) mass is 383 g/mol. The quantitative estimate of drug-likeness (QED) is 0.686. The van der Waals surface area contributed by atoms with Crippen LogP contribution in [0.25, 0.3) is 5.57 Å². The summed E-state index contributed by atoms with van der Waals surface area (Å²) >= 11 is 3.87. The Bertz CT molecular complexity index is 744. The lowest BCUT2D eigenvalue weighted by Crippen LogP contribution is -2.20. The SMILES string of the molecule is Cc1ccc2c(c1)C(C)(C)CCC(Br)=C2CNCc1ccccc1. The van der Waals surface area contributed by atoms with Crippen molar-refractivity contribution in [2.75, 3.05) is 6.54 Å². The van der Waals surface area contributed by atoms with Crippen LogP contribution in [-0.2, 0) is 12.0 Å². The molecule has 0 spiro atoms. The van der Waals surface area contributed by atoms with E-state index in [0.717, 1.165) is 19.5 Å². The number of halogens is 1. The first-order chi connectivity index (χ1) is 11.5. The molecule has 2 aromatic carbocycles. The summed E-state index contributed by atoms with van der Waals surface area (Å²) in [5, 5.41) is 3.62. The molecule has 2 aromatic rings. The Morgan fingerprint density at radius 1 is 1.04 bits per heavy atom. The van der Waals surface area contributed by atoms with E-state index in [4.69, 9.17) is 0 Å². The molecule has 0 aliphatic heterocycles. The van der Waals surface area contributed by atoms with Crippen LogP contribution in [0.2, 0.25) is 0 Å². The van der Waals surface area contributed by atoms with Gasteiger partial charge >= 0.3 is 0 Å². The molecule has 0 saturated carbocycles. The number of allylic oxidation sites excluding steroid dienone is 1. The topological polar surface area (TPSA) is 12.0 Å². The zero-order valence-corrected chi connectivity index (χ0v) is 16.4. The van der Waals surface area contributed by atoms with Gasteiger partial charge in [0.05, 0.1) is 0 Å². The second-order valence-corrected chi connectivity index (χ2v) is 8.36. The van der Waals surface area contributed by atoms with E-state index in [-0.39, 0.29) is 5.41 Å². The molecule has 1 nitrogen and oxygen atoms in total. The summed E-state index contributed by atoms with van der Waals surface area (Å²) in [6.45, 7) is 8.71. The van der Waals surface area contributed by atoms with E-state index in [1.165, 1.54) is 38.7 Å². The Morgan fingerprint density at radius 3 is 2.54 bits per heavy atom. The van der Waals surface area contributed by atoms with E-state index < -0.39 is 0 Å². The van der Waals surface area contributed by atoms with Crippen molar-refractivity contribution in [1.29, 1.82) is 0 Å². The van der Waals surface area contributed by atoms with Crippen molar-refractivity contribution < 1.29 is 0 Å².